The van der Waals surface area contributed by atoms with Crippen molar-refractivity contribution in [3.8, 4) is 6.07 Å². The van der Waals surface area contributed by atoms with Crippen LogP contribution in [0.25, 0.3) is 10.8 Å². The van der Waals surface area contributed by atoms with Crippen LogP contribution < -0.4 is 21.2 Å². The van der Waals surface area contributed by atoms with Crippen molar-refractivity contribution in [2.45, 2.75) is 0 Å². The molecule has 0 atom stereocenters. The average Bonchev–Trinajstić information content (AvgIpc) is 2.89. The number of nitrogens with zero attached hydrogens (tertiary/aromatic N) is 1. The standard InChI is InChI=1S/C30H24NP/c1-32(27-11-5-2-6-12-27,28-13-7-3-8-14-28,29-15-9-4-10-16-29)30-20-19-25-18-17-24(23-31)21-26(25)22-30/h2-22H,1H3. The Kier molecular flexibility index (Phi) is 4.90. The number of rotatable bonds is 4. The van der Waals surface area contributed by atoms with Gasteiger partial charge in [-0.1, -0.05) is 0 Å². The van der Waals surface area contributed by atoms with E-state index in [9.17, 15) is 5.26 Å². The third-order valence-electron chi connectivity index (χ3n) is 6.80. The zero-order valence-electron chi connectivity index (χ0n) is 18.0. The minimum atomic E-state index is -3.05. The molecule has 0 radical (unpaired) electrons. The molecule has 0 aliphatic heterocycles. The van der Waals surface area contributed by atoms with Gasteiger partial charge < -0.3 is 0 Å². The molecule has 0 aliphatic rings. The first-order valence-corrected chi connectivity index (χ1v) is 13.5. The first-order valence-electron chi connectivity index (χ1n) is 10.8. The van der Waals surface area contributed by atoms with Gasteiger partial charge in [0.15, 0.2) is 0 Å². The van der Waals surface area contributed by atoms with Crippen LogP contribution in [0.2, 0.25) is 0 Å². The van der Waals surface area contributed by atoms with E-state index in [1.54, 1.807) is 0 Å². The Balaban J connectivity index is 1.98. The monoisotopic (exact) mass is 429 g/mol. The molecule has 5 aromatic carbocycles. The van der Waals surface area contributed by atoms with Gasteiger partial charge in [0.05, 0.1) is 0 Å². The molecule has 0 heterocycles. The van der Waals surface area contributed by atoms with E-state index in [2.05, 4.69) is 122 Å². The summed E-state index contributed by atoms with van der Waals surface area (Å²) < 4.78 is 0. The van der Waals surface area contributed by atoms with E-state index in [4.69, 9.17) is 0 Å². The average molecular weight is 430 g/mol. The van der Waals surface area contributed by atoms with Gasteiger partial charge in [-0.25, -0.2) is 0 Å². The van der Waals surface area contributed by atoms with E-state index in [1.165, 1.54) is 21.2 Å². The van der Waals surface area contributed by atoms with Crippen molar-refractivity contribution in [3.05, 3.63) is 133 Å². The molecule has 0 saturated heterocycles. The molecule has 32 heavy (non-hydrogen) atoms. The summed E-state index contributed by atoms with van der Waals surface area (Å²) >= 11 is 0. The van der Waals surface area contributed by atoms with Gasteiger partial charge >= 0.3 is 190 Å². The van der Waals surface area contributed by atoms with Crippen LogP contribution in [0.1, 0.15) is 5.56 Å². The summed E-state index contributed by atoms with van der Waals surface area (Å²) in [5.74, 6) is 0. The molecule has 2 heteroatoms. The van der Waals surface area contributed by atoms with Crippen LogP contribution in [0.15, 0.2) is 127 Å². The fraction of sp³-hybridized carbons (Fsp3) is 0.0333. The summed E-state index contributed by atoms with van der Waals surface area (Å²) in [6, 6.07) is 47.7. The Morgan fingerprint density at radius 3 is 1.44 bits per heavy atom. The first kappa shape index (κ1) is 20.2. The molecule has 0 bridgehead atoms. The third kappa shape index (κ3) is 2.89. The van der Waals surface area contributed by atoms with E-state index in [0.717, 1.165) is 10.8 Å². The quantitative estimate of drug-likeness (QED) is 0.346. The summed E-state index contributed by atoms with van der Waals surface area (Å²) in [5.41, 5.74) is 0.685. The van der Waals surface area contributed by atoms with Gasteiger partial charge in [0.1, 0.15) is 0 Å². The Labute approximate surface area is 189 Å². The maximum absolute atomic E-state index is 9.47. The third-order valence-corrected chi connectivity index (χ3v) is 13.1. The van der Waals surface area contributed by atoms with Gasteiger partial charge in [-0.05, 0) is 0 Å². The molecule has 5 rings (SSSR count). The predicted octanol–water partition coefficient (Wildman–Crippen LogP) is 5.50. The Hall–Kier alpha value is -3.72. The molecule has 0 unspecified atom stereocenters. The van der Waals surface area contributed by atoms with Crippen molar-refractivity contribution in [1.29, 1.82) is 5.26 Å². The Morgan fingerprint density at radius 1 is 0.500 bits per heavy atom. The van der Waals surface area contributed by atoms with Crippen molar-refractivity contribution in [1.82, 2.24) is 0 Å². The van der Waals surface area contributed by atoms with Gasteiger partial charge in [-0.15, -0.1) is 0 Å². The van der Waals surface area contributed by atoms with Crippen LogP contribution in [0.3, 0.4) is 0 Å². The zero-order chi connectivity index (χ0) is 22.0. The predicted molar refractivity (Wildman–Crippen MR) is 139 cm³/mol. The van der Waals surface area contributed by atoms with E-state index in [0.29, 0.717) is 5.56 Å². The summed E-state index contributed by atoms with van der Waals surface area (Å²) in [6.07, 6.45) is 0. The fourth-order valence-electron chi connectivity index (χ4n) is 4.95. The second kappa shape index (κ2) is 7.76. The number of hydrogen-bond acceptors (Lipinski definition) is 1. The normalized spacial score (nSPS) is 12.6. The van der Waals surface area contributed by atoms with Crippen LogP contribution in [0.4, 0.5) is 0 Å². The van der Waals surface area contributed by atoms with Crippen molar-refractivity contribution >= 4 is 38.6 Å². The minimum absolute atomic E-state index is 0.685. The summed E-state index contributed by atoms with van der Waals surface area (Å²) in [7, 11) is 0. The number of nitriles is 1. The molecular weight excluding hydrogens is 405 g/mol. The molecular formula is C30H24NP. The van der Waals surface area contributed by atoms with E-state index >= 15 is 0 Å². The molecule has 0 spiro atoms. The van der Waals surface area contributed by atoms with E-state index < -0.39 is 6.60 Å². The van der Waals surface area contributed by atoms with Crippen LogP contribution in [-0.2, 0) is 0 Å². The van der Waals surface area contributed by atoms with Crippen LogP contribution in [0, 0.1) is 11.3 Å². The van der Waals surface area contributed by atoms with Gasteiger partial charge in [0.25, 0.3) is 0 Å². The molecule has 0 aromatic heterocycles. The van der Waals surface area contributed by atoms with E-state index in [1.807, 2.05) is 18.2 Å². The zero-order valence-corrected chi connectivity index (χ0v) is 18.9. The Morgan fingerprint density at radius 2 is 0.969 bits per heavy atom. The molecule has 0 aliphatic carbocycles. The molecule has 5 aromatic rings. The molecule has 154 valence electrons. The van der Waals surface area contributed by atoms with Gasteiger partial charge in [0, 0.05) is 0 Å². The Bertz CT molecular complexity index is 1340. The number of benzene rings is 5. The van der Waals surface area contributed by atoms with Crippen LogP contribution >= 0.6 is 6.60 Å². The SMILES string of the molecule is CP(c1ccccc1)(c1ccccc1)(c1ccccc1)c1ccc2ccc(C#N)cc2c1. The maximum atomic E-state index is 9.47. The fourth-order valence-corrected chi connectivity index (χ4v) is 10.4. The second-order valence-corrected chi connectivity index (χ2v) is 13.6. The molecule has 1 nitrogen and oxygen atoms in total. The molecule has 0 saturated carbocycles. The number of hydrogen-bond donors (Lipinski definition) is 0. The number of fused-ring (bicyclic) bond motifs is 1. The van der Waals surface area contributed by atoms with Crippen LogP contribution in [-0.4, -0.2) is 6.66 Å². The van der Waals surface area contributed by atoms with Gasteiger partial charge in [-0.3, -0.25) is 0 Å². The molecule has 0 fully saturated rings. The molecule has 0 amide bonds. The van der Waals surface area contributed by atoms with Crippen LogP contribution in [0.5, 0.6) is 0 Å². The van der Waals surface area contributed by atoms with Crippen molar-refractivity contribution in [2.75, 3.05) is 6.66 Å². The molecule has 0 N–H and O–H groups in total. The summed E-state index contributed by atoms with van der Waals surface area (Å²) in [6.45, 7) is -0.592. The van der Waals surface area contributed by atoms with Gasteiger partial charge in [0.2, 0.25) is 0 Å². The van der Waals surface area contributed by atoms with Gasteiger partial charge in [-0.2, -0.15) is 0 Å². The van der Waals surface area contributed by atoms with Crippen molar-refractivity contribution in [3.63, 3.8) is 0 Å². The van der Waals surface area contributed by atoms with Crippen molar-refractivity contribution in [2.24, 2.45) is 0 Å². The van der Waals surface area contributed by atoms with E-state index in [-0.39, 0.29) is 0 Å². The first-order chi connectivity index (χ1) is 15.6. The second-order valence-electron chi connectivity index (χ2n) is 8.43. The van der Waals surface area contributed by atoms with Crippen molar-refractivity contribution < 1.29 is 0 Å². The topological polar surface area (TPSA) is 23.8 Å². The summed E-state index contributed by atoms with van der Waals surface area (Å²) in [4.78, 5) is 0. The summed E-state index contributed by atoms with van der Waals surface area (Å²) in [5, 5.41) is 17.0.